The van der Waals surface area contributed by atoms with E-state index < -0.39 is 0 Å². The van der Waals surface area contributed by atoms with Gasteiger partial charge in [-0.3, -0.25) is 5.32 Å². The maximum atomic E-state index is 5.44. The summed E-state index contributed by atoms with van der Waals surface area (Å²) in [6, 6.07) is 7.93. The lowest BCUT2D eigenvalue weighted by molar-refractivity contribution is 0.624. The number of oxazole rings is 1. The van der Waals surface area contributed by atoms with E-state index in [9.17, 15) is 0 Å². The summed E-state index contributed by atoms with van der Waals surface area (Å²) in [6.45, 7) is 4.19. The number of hydrogen-bond acceptors (Lipinski definition) is 3. The summed E-state index contributed by atoms with van der Waals surface area (Å²) in [7, 11) is 0. The van der Waals surface area contributed by atoms with E-state index in [1.807, 2.05) is 24.3 Å². The Morgan fingerprint density at radius 3 is 3.06 bits per heavy atom. The van der Waals surface area contributed by atoms with E-state index in [2.05, 4.69) is 22.2 Å². The molecule has 0 aliphatic rings. The lowest BCUT2D eigenvalue weighted by Gasteiger charge is -2.03. The Kier molecular flexibility index (Phi) is 3.16. The van der Waals surface area contributed by atoms with E-state index >= 15 is 0 Å². The summed E-state index contributed by atoms with van der Waals surface area (Å²) in [6.07, 6.45) is 1.72. The van der Waals surface area contributed by atoms with E-state index in [1.54, 1.807) is 6.08 Å². The lowest BCUT2D eigenvalue weighted by atomic mass is 10.3. The normalized spacial score (nSPS) is 10.0. The maximum absolute atomic E-state index is 5.44. The van der Waals surface area contributed by atoms with Crippen molar-refractivity contribution in [2.75, 3.05) is 11.9 Å². The molecule has 2 N–H and O–H groups in total. The molecule has 0 radical (unpaired) electrons. The first kappa shape index (κ1) is 10.6. The Bertz CT molecular complexity index is 488. The van der Waals surface area contributed by atoms with Gasteiger partial charge in [0, 0.05) is 6.54 Å². The molecule has 0 unspecified atom stereocenters. The number of nitrogens with zero attached hydrogens (tertiary/aromatic N) is 1. The molecule has 0 atom stereocenters. The van der Waals surface area contributed by atoms with Gasteiger partial charge in [0.2, 0.25) is 0 Å². The highest BCUT2D eigenvalue weighted by atomic mass is 32.1. The highest BCUT2D eigenvalue weighted by Gasteiger charge is 2.05. The Labute approximate surface area is 98.4 Å². The lowest BCUT2D eigenvalue weighted by Crippen LogP contribution is -2.28. The number of anilines is 1. The van der Waals surface area contributed by atoms with Crippen LogP contribution in [0.3, 0.4) is 0 Å². The van der Waals surface area contributed by atoms with Crippen LogP contribution in [0.15, 0.2) is 41.3 Å². The molecule has 16 heavy (non-hydrogen) atoms. The maximum Gasteiger partial charge on any atom is 0.302 e. The van der Waals surface area contributed by atoms with E-state index in [0.29, 0.717) is 17.7 Å². The molecule has 0 aliphatic heterocycles. The summed E-state index contributed by atoms with van der Waals surface area (Å²) in [5.74, 6) is 0. The Balaban J connectivity index is 2.09. The molecule has 0 fully saturated rings. The quantitative estimate of drug-likeness (QED) is 0.629. The van der Waals surface area contributed by atoms with Gasteiger partial charge in [-0.05, 0) is 24.4 Å². The number of hydrogen-bond donors (Lipinski definition) is 2. The van der Waals surface area contributed by atoms with Crippen molar-refractivity contribution in [2.24, 2.45) is 0 Å². The number of thiocarbonyl (C=S) groups is 1. The number of fused-ring (bicyclic) bond motifs is 1. The number of rotatable bonds is 3. The number of benzene rings is 1. The zero-order valence-corrected chi connectivity index (χ0v) is 9.38. The Morgan fingerprint density at radius 2 is 2.31 bits per heavy atom. The number of para-hydroxylation sites is 2. The zero-order valence-electron chi connectivity index (χ0n) is 8.56. The van der Waals surface area contributed by atoms with Crippen LogP contribution in [0, 0.1) is 0 Å². The first-order chi connectivity index (χ1) is 7.79. The van der Waals surface area contributed by atoms with E-state index in [1.165, 1.54) is 0 Å². The van der Waals surface area contributed by atoms with Gasteiger partial charge >= 0.3 is 6.01 Å². The highest BCUT2D eigenvalue weighted by Crippen LogP contribution is 2.17. The van der Waals surface area contributed by atoms with Crippen molar-refractivity contribution in [3.8, 4) is 0 Å². The second-order valence-electron chi connectivity index (χ2n) is 3.11. The van der Waals surface area contributed by atoms with Crippen molar-refractivity contribution >= 4 is 34.4 Å². The fraction of sp³-hybridized carbons (Fsp3) is 0.0909. The van der Waals surface area contributed by atoms with Crippen LogP contribution in [0.2, 0.25) is 0 Å². The third kappa shape index (κ3) is 2.38. The molecule has 0 saturated carbocycles. The molecule has 82 valence electrons. The van der Waals surface area contributed by atoms with Crippen LogP contribution in [0.25, 0.3) is 11.1 Å². The fourth-order valence-electron chi connectivity index (χ4n) is 1.23. The van der Waals surface area contributed by atoms with Gasteiger partial charge in [-0.1, -0.05) is 18.2 Å². The van der Waals surface area contributed by atoms with Crippen LogP contribution in [0.1, 0.15) is 0 Å². The molecule has 1 aromatic carbocycles. The highest BCUT2D eigenvalue weighted by molar-refractivity contribution is 7.80. The molecule has 1 heterocycles. The summed E-state index contributed by atoms with van der Waals surface area (Å²) in [4.78, 5) is 4.23. The minimum atomic E-state index is 0.391. The predicted molar refractivity (Wildman–Crippen MR) is 68.4 cm³/mol. The van der Waals surface area contributed by atoms with Crippen molar-refractivity contribution in [3.05, 3.63) is 36.9 Å². The molecule has 0 saturated heterocycles. The molecule has 0 spiro atoms. The minimum Gasteiger partial charge on any atom is -0.423 e. The van der Waals surface area contributed by atoms with E-state index in [0.717, 1.165) is 11.1 Å². The predicted octanol–water partition coefficient (Wildman–Crippen LogP) is 2.30. The van der Waals surface area contributed by atoms with Gasteiger partial charge in [-0.2, -0.15) is 4.98 Å². The first-order valence-corrected chi connectivity index (χ1v) is 5.22. The molecule has 0 amide bonds. The smallest absolute Gasteiger partial charge is 0.302 e. The molecular weight excluding hydrogens is 222 g/mol. The molecule has 5 heteroatoms. The van der Waals surface area contributed by atoms with Gasteiger partial charge in [0.05, 0.1) is 0 Å². The molecule has 4 nitrogen and oxygen atoms in total. The second kappa shape index (κ2) is 4.76. The van der Waals surface area contributed by atoms with Crippen molar-refractivity contribution < 1.29 is 4.42 Å². The van der Waals surface area contributed by atoms with Crippen LogP contribution >= 0.6 is 12.2 Å². The van der Waals surface area contributed by atoms with Crippen molar-refractivity contribution in [2.45, 2.75) is 0 Å². The monoisotopic (exact) mass is 233 g/mol. The third-order valence-corrected chi connectivity index (χ3v) is 2.17. The van der Waals surface area contributed by atoms with Crippen molar-refractivity contribution in [1.82, 2.24) is 10.3 Å². The van der Waals surface area contributed by atoms with Gasteiger partial charge in [-0.15, -0.1) is 6.58 Å². The van der Waals surface area contributed by atoms with Crippen molar-refractivity contribution in [1.29, 1.82) is 0 Å². The second-order valence-corrected chi connectivity index (χ2v) is 3.52. The standard InChI is InChI=1S/C11H11N3OS/c1-2-7-12-11(16)14-10-13-8-5-3-4-6-9(8)15-10/h2-6H,1,7H2,(H2,12,13,14,16). The topological polar surface area (TPSA) is 50.1 Å². The van der Waals surface area contributed by atoms with Crippen LogP contribution in [-0.2, 0) is 0 Å². The Morgan fingerprint density at radius 1 is 1.50 bits per heavy atom. The number of aromatic nitrogens is 1. The molecular formula is C11H11N3OS. The third-order valence-electron chi connectivity index (χ3n) is 1.92. The summed E-state index contributed by atoms with van der Waals surface area (Å²) in [5, 5.41) is 6.25. The number of nitrogens with one attached hydrogen (secondary N) is 2. The van der Waals surface area contributed by atoms with Crippen LogP contribution < -0.4 is 10.6 Å². The van der Waals surface area contributed by atoms with E-state index in [4.69, 9.17) is 16.6 Å². The fourth-order valence-corrected chi connectivity index (χ4v) is 1.40. The van der Waals surface area contributed by atoms with Crippen LogP contribution in [0.5, 0.6) is 0 Å². The van der Waals surface area contributed by atoms with E-state index in [-0.39, 0.29) is 0 Å². The van der Waals surface area contributed by atoms with Gasteiger partial charge < -0.3 is 9.73 Å². The molecule has 0 bridgehead atoms. The summed E-state index contributed by atoms with van der Waals surface area (Å²) in [5.41, 5.74) is 1.54. The van der Waals surface area contributed by atoms with Gasteiger partial charge in [0.1, 0.15) is 5.52 Å². The molecule has 2 aromatic rings. The molecule has 2 rings (SSSR count). The first-order valence-electron chi connectivity index (χ1n) is 4.81. The summed E-state index contributed by atoms with van der Waals surface area (Å²) >= 11 is 5.04. The minimum absolute atomic E-state index is 0.391. The SMILES string of the molecule is C=CCNC(=S)Nc1nc2ccccc2o1. The molecule has 1 aromatic heterocycles. The van der Waals surface area contributed by atoms with Crippen LogP contribution in [-0.4, -0.2) is 16.6 Å². The van der Waals surface area contributed by atoms with Gasteiger partial charge in [0.25, 0.3) is 0 Å². The largest absolute Gasteiger partial charge is 0.423 e. The average molecular weight is 233 g/mol. The van der Waals surface area contributed by atoms with Gasteiger partial charge in [0.15, 0.2) is 10.7 Å². The van der Waals surface area contributed by atoms with Crippen LogP contribution in [0.4, 0.5) is 6.01 Å². The average Bonchev–Trinajstić information content (AvgIpc) is 2.68. The van der Waals surface area contributed by atoms with Crippen molar-refractivity contribution in [3.63, 3.8) is 0 Å². The van der Waals surface area contributed by atoms with Gasteiger partial charge in [-0.25, -0.2) is 0 Å². The Hall–Kier alpha value is -1.88. The molecule has 0 aliphatic carbocycles. The summed E-state index contributed by atoms with van der Waals surface area (Å²) < 4.78 is 5.44. The zero-order chi connectivity index (χ0) is 11.4.